The lowest BCUT2D eigenvalue weighted by Gasteiger charge is -2.05. The third-order valence-electron chi connectivity index (χ3n) is 5.01. The summed E-state index contributed by atoms with van der Waals surface area (Å²) in [6, 6.07) is 24.3. The van der Waals surface area contributed by atoms with Crippen molar-refractivity contribution in [3.05, 3.63) is 96.2 Å². The van der Waals surface area contributed by atoms with Crippen molar-refractivity contribution >= 4 is 23.7 Å². The van der Waals surface area contributed by atoms with Gasteiger partial charge in [-0.05, 0) is 43.3 Å². The van der Waals surface area contributed by atoms with Crippen LogP contribution >= 0.6 is 0 Å². The normalized spacial score (nSPS) is 10.8. The molecule has 0 atom stereocenters. The van der Waals surface area contributed by atoms with Gasteiger partial charge in [-0.3, -0.25) is 9.59 Å². The van der Waals surface area contributed by atoms with Crippen LogP contribution in [0.3, 0.4) is 0 Å². The Kier molecular flexibility index (Phi) is 6.78. The summed E-state index contributed by atoms with van der Waals surface area (Å²) in [6.45, 7) is 2.02. The number of carbonyl (C=O) groups excluding carboxylic acids is 2. The molecule has 1 heterocycles. The zero-order chi connectivity index (χ0) is 23.9. The lowest BCUT2D eigenvalue weighted by molar-refractivity contribution is -0.136. The van der Waals surface area contributed by atoms with Gasteiger partial charge in [-0.25, -0.2) is 10.1 Å². The minimum Gasteiger partial charge on any atom is -0.497 e. The van der Waals surface area contributed by atoms with Crippen molar-refractivity contribution in [1.82, 2.24) is 15.2 Å². The van der Waals surface area contributed by atoms with Gasteiger partial charge in [0.1, 0.15) is 11.4 Å². The summed E-state index contributed by atoms with van der Waals surface area (Å²) in [7, 11) is 1.55. The van der Waals surface area contributed by atoms with Crippen molar-refractivity contribution in [2.24, 2.45) is 5.10 Å². The molecule has 0 aliphatic rings. The van der Waals surface area contributed by atoms with Gasteiger partial charge >= 0.3 is 11.8 Å². The number of hydrogen-bond donors (Lipinski definition) is 2. The average molecular weight is 454 g/mol. The predicted molar refractivity (Wildman–Crippen MR) is 131 cm³/mol. The minimum atomic E-state index is -0.889. The first-order chi connectivity index (χ1) is 16.5. The number of methoxy groups -OCH3 is 1. The van der Waals surface area contributed by atoms with Crippen molar-refractivity contribution in [1.29, 1.82) is 0 Å². The Morgan fingerprint density at radius 1 is 0.941 bits per heavy atom. The van der Waals surface area contributed by atoms with Gasteiger partial charge in [-0.1, -0.05) is 48.0 Å². The molecule has 0 aliphatic carbocycles. The van der Waals surface area contributed by atoms with Crippen LogP contribution in [0.25, 0.3) is 16.9 Å². The van der Waals surface area contributed by atoms with E-state index in [9.17, 15) is 9.59 Å². The van der Waals surface area contributed by atoms with Gasteiger partial charge in [-0.2, -0.15) is 10.2 Å². The topological polar surface area (TPSA) is 97.6 Å². The molecule has 0 unspecified atom stereocenters. The molecule has 0 fully saturated rings. The molecule has 8 heteroatoms. The van der Waals surface area contributed by atoms with Gasteiger partial charge in [0.05, 0.1) is 19.0 Å². The van der Waals surface area contributed by atoms with E-state index in [1.807, 2.05) is 67.7 Å². The summed E-state index contributed by atoms with van der Waals surface area (Å²) in [5.74, 6) is -1.08. The zero-order valence-electron chi connectivity index (χ0n) is 18.7. The Morgan fingerprint density at radius 2 is 1.65 bits per heavy atom. The van der Waals surface area contributed by atoms with Crippen LogP contribution in [-0.4, -0.2) is 34.9 Å². The smallest absolute Gasteiger partial charge is 0.329 e. The molecule has 3 aromatic carbocycles. The Hall–Kier alpha value is -4.72. The number of aryl methyl sites for hydroxylation is 1. The fraction of sp³-hybridized carbons (Fsp3) is 0.0769. The highest BCUT2D eigenvalue weighted by atomic mass is 16.5. The van der Waals surface area contributed by atoms with E-state index in [4.69, 9.17) is 9.84 Å². The second kappa shape index (κ2) is 10.3. The molecule has 0 radical (unpaired) electrons. The molecule has 4 aromatic rings. The van der Waals surface area contributed by atoms with Gasteiger partial charge in [-0.15, -0.1) is 0 Å². The molecular formula is C26H23N5O3. The number of anilines is 1. The number of ether oxygens (including phenoxy) is 1. The summed E-state index contributed by atoms with van der Waals surface area (Å²) in [4.78, 5) is 24.4. The fourth-order valence-electron chi connectivity index (χ4n) is 3.20. The standard InChI is InChI=1S/C26H23N5O3/c1-18-8-10-19(11-9-18)24-20(17-31(30-24)22-6-4-3-5-7-22)16-27-29-26(33)25(32)28-21-12-14-23(34-2)15-13-21/h3-17H,1-2H3,(H,28,32)(H,29,33)/b27-16+. The van der Waals surface area contributed by atoms with E-state index in [1.165, 1.54) is 6.21 Å². The molecule has 2 N–H and O–H groups in total. The summed E-state index contributed by atoms with van der Waals surface area (Å²) in [5, 5.41) is 11.2. The molecule has 1 aromatic heterocycles. The van der Waals surface area contributed by atoms with Gasteiger partial charge < -0.3 is 10.1 Å². The molecule has 170 valence electrons. The van der Waals surface area contributed by atoms with E-state index in [2.05, 4.69) is 15.8 Å². The van der Waals surface area contributed by atoms with Crippen molar-refractivity contribution < 1.29 is 14.3 Å². The first kappa shape index (κ1) is 22.5. The highest BCUT2D eigenvalue weighted by Gasteiger charge is 2.14. The third kappa shape index (κ3) is 5.36. The first-order valence-corrected chi connectivity index (χ1v) is 10.5. The van der Waals surface area contributed by atoms with Crippen LogP contribution in [0.15, 0.2) is 90.2 Å². The van der Waals surface area contributed by atoms with E-state index < -0.39 is 11.8 Å². The number of benzene rings is 3. The lowest BCUT2D eigenvalue weighted by atomic mass is 10.1. The van der Waals surface area contributed by atoms with Crippen molar-refractivity contribution in [2.75, 3.05) is 12.4 Å². The molecule has 0 aliphatic heterocycles. The van der Waals surface area contributed by atoms with Crippen LogP contribution < -0.4 is 15.5 Å². The number of nitrogens with zero attached hydrogens (tertiary/aromatic N) is 3. The van der Waals surface area contributed by atoms with E-state index in [1.54, 1.807) is 36.1 Å². The zero-order valence-corrected chi connectivity index (χ0v) is 18.7. The van der Waals surface area contributed by atoms with E-state index in [-0.39, 0.29) is 0 Å². The average Bonchev–Trinajstić information content (AvgIpc) is 3.29. The lowest BCUT2D eigenvalue weighted by Crippen LogP contribution is -2.32. The molecular weight excluding hydrogens is 430 g/mol. The molecule has 0 bridgehead atoms. The van der Waals surface area contributed by atoms with Crippen LogP contribution in [0, 0.1) is 6.92 Å². The number of hydrogen-bond acceptors (Lipinski definition) is 5. The van der Waals surface area contributed by atoms with Gasteiger partial charge in [0.15, 0.2) is 0 Å². The summed E-state index contributed by atoms with van der Waals surface area (Å²) in [6.07, 6.45) is 3.29. The Balaban J connectivity index is 1.50. The number of amides is 2. The quantitative estimate of drug-likeness (QED) is 0.262. The van der Waals surface area contributed by atoms with Gasteiger partial charge in [0, 0.05) is 23.0 Å². The van der Waals surface area contributed by atoms with Gasteiger partial charge in [0.2, 0.25) is 0 Å². The Morgan fingerprint density at radius 3 is 2.32 bits per heavy atom. The minimum absolute atomic E-state index is 0.468. The molecule has 34 heavy (non-hydrogen) atoms. The Bertz CT molecular complexity index is 1310. The number of carbonyl (C=O) groups is 2. The Labute approximate surface area is 196 Å². The van der Waals surface area contributed by atoms with Crippen LogP contribution in [0.2, 0.25) is 0 Å². The molecule has 8 nitrogen and oxygen atoms in total. The van der Waals surface area contributed by atoms with E-state index in [0.29, 0.717) is 22.7 Å². The largest absolute Gasteiger partial charge is 0.497 e. The second-order valence-electron chi connectivity index (χ2n) is 7.46. The van der Waals surface area contributed by atoms with Crippen LogP contribution in [0.1, 0.15) is 11.1 Å². The first-order valence-electron chi connectivity index (χ1n) is 10.5. The third-order valence-corrected chi connectivity index (χ3v) is 5.01. The molecule has 2 amide bonds. The van der Waals surface area contributed by atoms with Crippen molar-refractivity contribution in [3.63, 3.8) is 0 Å². The second-order valence-corrected chi connectivity index (χ2v) is 7.46. The van der Waals surface area contributed by atoms with E-state index in [0.717, 1.165) is 16.8 Å². The molecule has 0 saturated heterocycles. The maximum atomic E-state index is 12.2. The predicted octanol–water partition coefficient (Wildman–Crippen LogP) is 3.95. The fourth-order valence-corrected chi connectivity index (χ4v) is 3.20. The SMILES string of the molecule is COc1ccc(NC(=O)C(=O)N/N=C/c2cn(-c3ccccc3)nc2-c2ccc(C)cc2)cc1. The van der Waals surface area contributed by atoms with Crippen LogP contribution in [-0.2, 0) is 9.59 Å². The summed E-state index contributed by atoms with van der Waals surface area (Å²) >= 11 is 0. The molecule has 4 rings (SSSR count). The maximum absolute atomic E-state index is 12.2. The van der Waals surface area contributed by atoms with Gasteiger partial charge in [0.25, 0.3) is 0 Å². The maximum Gasteiger partial charge on any atom is 0.329 e. The van der Waals surface area contributed by atoms with Crippen LogP contribution in [0.5, 0.6) is 5.75 Å². The number of rotatable bonds is 6. The number of para-hydroxylation sites is 1. The highest BCUT2D eigenvalue weighted by molar-refractivity contribution is 6.39. The number of aromatic nitrogens is 2. The summed E-state index contributed by atoms with van der Waals surface area (Å²) < 4.78 is 6.82. The molecule has 0 spiro atoms. The molecule has 0 saturated carbocycles. The number of hydrazone groups is 1. The monoisotopic (exact) mass is 453 g/mol. The van der Waals surface area contributed by atoms with Crippen molar-refractivity contribution in [2.45, 2.75) is 6.92 Å². The number of nitrogens with one attached hydrogen (secondary N) is 2. The van der Waals surface area contributed by atoms with E-state index >= 15 is 0 Å². The summed E-state index contributed by atoms with van der Waals surface area (Å²) in [5.41, 5.74) is 7.05. The van der Waals surface area contributed by atoms with Crippen LogP contribution in [0.4, 0.5) is 5.69 Å². The van der Waals surface area contributed by atoms with Crippen molar-refractivity contribution in [3.8, 4) is 22.7 Å². The highest BCUT2D eigenvalue weighted by Crippen LogP contribution is 2.23.